The van der Waals surface area contributed by atoms with Gasteiger partial charge in [0.2, 0.25) is 0 Å². The van der Waals surface area contributed by atoms with Gasteiger partial charge in [-0.3, -0.25) is 0 Å². The van der Waals surface area contributed by atoms with Crippen molar-refractivity contribution < 1.29 is 39.5 Å². The molecule has 0 aliphatic rings. The Hall–Kier alpha value is -0.320. The summed E-state index contributed by atoms with van der Waals surface area (Å²) in [7, 11) is 0. The zero-order valence-corrected chi connectivity index (χ0v) is 8.36. The van der Waals surface area contributed by atoms with Crippen molar-refractivity contribution in [1.29, 1.82) is 0 Å². The van der Waals surface area contributed by atoms with Crippen molar-refractivity contribution in [2.75, 3.05) is 0 Å². The van der Waals surface area contributed by atoms with Gasteiger partial charge in [-0.15, -0.1) is 0 Å². The number of hydrogen-bond donors (Lipinski definition) is 0. The number of nitrogens with zero attached hydrogens (tertiary/aromatic N) is 2. The van der Waals surface area contributed by atoms with Crippen molar-refractivity contribution in [1.82, 2.24) is 9.55 Å². The van der Waals surface area contributed by atoms with Gasteiger partial charge in [0.25, 0.3) is 0 Å². The standard InChI is InChI=1S/C6H8N2O2.Na/c9-6(10)1-3-8-4-2-7-5-8;/h2,4-5H,1,3H2,(H,9,10);/q;+1/p-1/i1+1,3+1,6+1;. The van der Waals surface area contributed by atoms with Crippen LogP contribution in [-0.4, -0.2) is 15.5 Å². The van der Waals surface area contributed by atoms with Crippen molar-refractivity contribution in [3.63, 3.8) is 0 Å². The first-order valence-corrected chi connectivity index (χ1v) is 2.94. The third kappa shape index (κ3) is 4.19. The van der Waals surface area contributed by atoms with E-state index in [4.69, 9.17) is 0 Å². The van der Waals surface area contributed by atoms with E-state index in [2.05, 4.69) is 4.98 Å². The van der Waals surface area contributed by atoms with Gasteiger partial charge in [-0.1, -0.05) is 0 Å². The molecular weight excluding hydrogens is 158 g/mol. The van der Waals surface area contributed by atoms with Gasteiger partial charge in [-0.05, 0) is 0 Å². The normalized spacial score (nSPS) is 8.73. The third-order valence-electron chi connectivity index (χ3n) is 1.13. The van der Waals surface area contributed by atoms with Crippen LogP contribution in [0.4, 0.5) is 0 Å². The van der Waals surface area contributed by atoms with E-state index >= 15 is 0 Å². The molecule has 0 radical (unpaired) electrons. The minimum Gasteiger partial charge on any atom is -0.550 e. The molecule has 0 atom stereocenters. The number of rotatable bonds is 3. The van der Waals surface area contributed by atoms with Crippen LogP contribution in [0.25, 0.3) is 0 Å². The summed E-state index contributed by atoms with van der Waals surface area (Å²) in [5.74, 6) is -1.03. The van der Waals surface area contributed by atoms with Crippen molar-refractivity contribution in [3.05, 3.63) is 18.7 Å². The Kier molecular flexibility index (Phi) is 5.19. The maximum absolute atomic E-state index is 9.95. The first-order chi connectivity index (χ1) is 4.79. The minimum absolute atomic E-state index is 0. The monoisotopic (exact) mass is 165 g/mol. The SMILES string of the molecule is O=[13C]([O-])[13CH2][13CH2]n1ccnc1.[Na+]. The Morgan fingerprint density at radius 1 is 1.64 bits per heavy atom. The van der Waals surface area contributed by atoms with Crippen LogP contribution in [0.5, 0.6) is 0 Å². The summed E-state index contributed by atoms with van der Waals surface area (Å²) in [5.41, 5.74) is 0. The van der Waals surface area contributed by atoms with E-state index in [1.807, 2.05) is 0 Å². The number of carbonyl (C=O) groups excluding carboxylic acids is 1. The average molecular weight is 165 g/mol. The van der Waals surface area contributed by atoms with Gasteiger partial charge in [0.05, 0.1) is 6.33 Å². The zero-order valence-electron chi connectivity index (χ0n) is 6.36. The molecule has 0 aliphatic carbocycles. The van der Waals surface area contributed by atoms with Crippen LogP contribution in [0.15, 0.2) is 18.7 Å². The second kappa shape index (κ2) is 5.35. The molecule has 1 aromatic rings. The molecule has 0 saturated carbocycles. The van der Waals surface area contributed by atoms with Crippen LogP contribution in [-0.2, 0) is 11.3 Å². The molecule has 0 amide bonds. The molecule has 1 rings (SSSR count). The Bertz CT molecular complexity index is 210. The van der Waals surface area contributed by atoms with Crippen molar-refractivity contribution in [3.8, 4) is 0 Å². The van der Waals surface area contributed by atoms with E-state index in [9.17, 15) is 9.90 Å². The fourth-order valence-electron chi connectivity index (χ4n) is 0.639. The third-order valence-corrected chi connectivity index (χ3v) is 1.13. The number of carboxylic acid groups (broad SMARTS) is 1. The van der Waals surface area contributed by atoms with Crippen LogP contribution in [0.3, 0.4) is 0 Å². The van der Waals surface area contributed by atoms with Gasteiger partial charge in [0.1, 0.15) is 0 Å². The average Bonchev–Trinajstić information content (AvgIpc) is 2.34. The summed E-state index contributed by atoms with van der Waals surface area (Å²) in [6, 6.07) is 0. The molecule has 11 heavy (non-hydrogen) atoms. The molecule has 54 valence electrons. The van der Waals surface area contributed by atoms with E-state index in [-0.39, 0.29) is 36.0 Å². The van der Waals surface area contributed by atoms with E-state index in [0.29, 0.717) is 6.54 Å². The van der Waals surface area contributed by atoms with Crippen LogP contribution in [0.1, 0.15) is 6.42 Å². The van der Waals surface area contributed by atoms with Crippen LogP contribution in [0.2, 0.25) is 0 Å². The maximum Gasteiger partial charge on any atom is 1.00 e. The van der Waals surface area contributed by atoms with E-state index in [1.54, 1.807) is 23.3 Å². The first kappa shape index (κ1) is 10.7. The smallest absolute Gasteiger partial charge is 0.550 e. The largest absolute Gasteiger partial charge is 1.00 e. The summed E-state index contributed by atoms with van der Waals surface area (Å²) in [4.78, 5) is 13.7. The van der Waals surface area contributed by atoms with Gasteiger partial charge in [0.15, 0.2) is 0 Å². The molecule has 1 heterocycles. The second-order valence-electron chi connectivity index (χ2n) is 1.92. The molecule has 0 spiro atoms. The van der Waals surface area contributed by atoms with Crippen LogP contribution in [0, 0.1) is 0 Å². The number of hydrogen-bond acceptors (Lipinski definition) is 3. The summed E-state index contributed by atoms with van der Waals surface area (Å²) >= 11 is 0. The summed E-state index contributed by atoms with van der Waals surface area (Å²) in [6.45, 7) is 0.433. The van der Waals surface area contributed by atoms with Crippen molar-refractivity contribution in [2.24, 2.45) is 0 Å². The Balaban J connectivity index is 0.000001000. The molecule has 4 nitrogen and oxygen atoms in total. The van der Waals surface area contributed by atoms with Crippen molar-refractivity contribution >= 4 is 5.97 Å². The second-order valence-corrected chi connectivity index (χ2v) is 1.92. The topological polar surface area (TPSA) is 57.9 Å². The minimum atomic E-state index is -1.03. The van der Waals surface area contributed by atoms with Gasteiger partial charge in [-0.2, -0.15) is 0 Å². The fourth-order valence-corrected chi connectivity index (χ4v) is 0.639. The molecule has 1 aromatic heterocycles. The number of carbonyl (C=O) groups is 1. The number of aromatic nitrogens is 2. The van der Waals surface area contributed by atoms with E-state index < -0.39 is 5.97 Å². The van der Waals surface area contributed by atoms with Gasteiger partial charge >= 0.3 is 29.6 Å². The molecule has 0 aromatic carbocycles. The van der Waals surface area contributed by atoms with Gasteiger partial charge in [0, 0.05) is 31.3 Å². The number of aliphatic carboxylic acids is 1. The molecule has 0 fully saturated rings. The molecule has 0 bridgehead atoms. The summed E-state index contributed by atoms with van der Waals surface area (Å²) < 4.78 is 1.69. The number of carboxylic acids is 1. The Morgan fingerprint density at radius 2 is 2.36 bits per heavy atom. The Labute approximate surface area is 86.5 Å². The molecule has 0 unspecified atom stereocenters. The van der Waals surface area contributed by atoms with Gasteiger partial charge in [-0.25, -0.2) is 4.98 Å². The summed E-state index contributed by atoms with van der Waals surface area (Å²) in [6.07, 6.45) is 4.93. The maximum atomic E-state index is 9.95. The van der Waals surface area contributed by atoms with Crippen LogP contribution < -0.4 is 34.7 Å². The van der Waals surface area contributed by atoms with E-state index in [0.717, 1.165) is 0 Å². The van der Waals surface area contributed by atoms with E-state index in [1.165, 1.54) is 0 Å². The summed E-state index contributed by atoms with van der Waals surface area (Å²) in [5, 5.41) is 9.95. The van der Waals surface area contributed by atoms with Gasteiger partial charge < -0.3 is 14.5 Å². The number of aryl methyl sites for hydroxylation is 1. The molecule has 5 heteroatoms. The first-order valence-electron chi connectivity index (χ1n) is 2.94. The van der Waals surface area contributed by atoms with Crippen molar-refractivity contribution in [2.45, 2.75) is 13.0 Å². The fraction of sp³-hybridized carbons (Fsp3) is 0.333. The number of imidazole rings is 1. The molecular formula is C6H7N2NaO2. The molecule has 0 saturated heterocycles. The quantitative estimate of drug-likeness (QED) is 0.339. The predicted octanol–water partition coefficient (Wildman–Crippen LogP) is -3.97. The molecule has 0 aliphatic heterocycles. The zero-order chi connectivity index (χ0) is 7.40. The predicted molar refractivity (Wildman–Crippen MR) is 31.9 cm³/mol. The molecule has 0 N–H and O–H groups in total. The van der Waals surface area contributed by atoms with Crippen LogP contribution >= 0.6 is 0 Å². The Morgan fingerprint density at radius 3 is 2.82 bits per heavy atom.